The highest BCUT2D eigenvalue weighted by atomic mass is 16.5. The van der Waals surface area contributed by atoms with Crippen molar-refractivity contribution in [3.8, 4) is 0 Å². The number of aliphatic hydroxyl groups excluding tert-OH is 1. The van der Waals surface area contributed by atoms with Crippen LogP contribution in [-0.2, 0) is 4.79 Å². The number of aromatic nitrogens is 1. The fraction of sp³-hybridized carbons (Fsp3) is 0.692. The lowest BCUT2D eigenvalue weighted by Crippen LogP contribution is -2.36. The number of hydrogen-bond acceptors (Lipinski definition) is 5. The van der Waals surface area contributed by atoms with Crippen LogP contribution in [0.25, 0.3) is 0 Å². The molecule has 1 aromatic heterocycles. The Balaban J connectivity index is 1.85. The zero-order chi connectivity index (χ0) is 13.8. The lowest BCUT2D eigenvalue weighted by molar-refractivity contribution is -0.117. The summed E-state index contributed by atoms with van der Waals surface area (Å²) in [6.45, 7) is 4.91. The molecule has 0 spiro atoms. The van der Waals surface area contributed by atoms with Crippen molar-refractivity contribution >= 4 is 11.8 Å². The highest BCUT2D eigenvalue weighted by Gasteiger charge is 2.29. The van der Waals surface area contributed by atoms with Gasteiger partial charge < -0.3 is 9.63 Å². The Bertz CT molecular complexity index is 427. The van der Waals surface area contributed by atoms with Gasteiger partial charge in [-0.15, -0.1) is 0 Å². The summed E-state index contributed by atoms with van der Waals surface area (Å²) in [6.07, 6.45) is 2.21. The molecule has 0 aliphatic heterocycles. The molecule has 1 aliphatic rings. The van der Waals surface area contributed by atoms with Crippen molar-refractivity contribution in [1.29, 1.82) is 0 Å². The monoisotopic (exact) mass is 267 g/mol. The topological polar surface area (TPSA) is 78.6 Å². The van der Waals surface area contributed by atoms with E-state index < -0.39 is 0 Å². The summed E-state index contributed by atoms with van der Waals surface area (Å²) >= 11 is 0. The number of nitrogens with one attached hydrogen (secondary N) is 1. The first-order valence-corrected chi connectivity index (χ1v) is 6.71. The van der Waals surface area contributed by atoms with Gasteiger partial charge in [-0.25, -0.2) is 0 Å². The van der Waals surface area contributed by atoms with Gasteiger partial charge in [0.1, 0.15) is 0 Å². The number of carbonyl (C=O) groups excluding carboxylic acids is 1. The Morgan fingerprint density at radius 3 is 2.89 bits per heavy atom. The van der Waals surface area contributed by atoms with E-state index in [1.807, 2.05) is 18.7 Å². The van der Waals surface area contributed by atoms with Gasteiger partial charge in [0.05, 0.1) is 18.8 Å². The fourth-order valence-corrected chi connectivity index (χ4v) is 1.94. The molecule has 1 saturated carbocycles. The Morgan fingerprint density at radius 1 is 1.63 bits per heavy atom. The molecule has 1 aliphatic carbocycles. The zero-order valence-electron chi connectivity index (χ0n) is 11.4. The van der Waals surface area contributed by atoms with E-state index in [9.17, 15) is 4.79 Å². The van der Waals surface area contributed by atoms with E-state index >= 15 is 0 Å². The minimum absolute atomic E-state index is 0.0730. The maximum absolute atomic E-state index is 11.9. The zero-order valence-corrected chi connectivity index (χ0v) is 11.4. The highest BCUT2D eigenvalue weighted by Crippen LogP contribution is 2.26. The molecule has 0 bridgehead atoms. The number of amides is 1. The SMILES string of the molecule is CC(C)c1cc(NC(=O)CN(CCO)C2CC2)on1. The molecule has 19 heavy (non-hydrogen) atoms. The summed E-state index contributed by atoms with van der Waals surface area (Å²) in [5.74, 6) is 0.520. The van der Waals surface area contributed by atoms with Gasteiger partial charge in [0.15, 0.2) is 0 Å². The molecule has 0 saturated heterocycles. The molecular formula is C13H21N3O3. The second-order valence-electron chi connectivity index (χ2n) is 5.24. The number of nitrogens with zero attached hydrogens (tertiary/aromatic N) is 2. The standard InChI is InChI=1S/C13H21N3O3/c1-9(2)11-7-13(19-15-11)14-12(18)8-16(5-6-17)10-3-4-10/h7,9-10,17H,3-6,8H2,1-2H3,(H,14,18). The average molecular weight is 267 g/mol. The molecule has 106 valence electrons. The first-order valence-electron chi connectivity index (χ1n) is 6.71. The van der Waals surface area contributed by atoms with Crippen LogP contribution in [-0.4, -0.2) is 46.8 Å². The normalized spacial score (nSPS) is 15.2. The van der Waals surface area contributed by atoms with Crippen LogP contribution in [0.4, 0.5) is 5.88 Å². The van der Waals surface area contributed by atoms with Crippen molar-refractivity contribution < 1.29 is 14.4 Å². The highest BCUT2D eigenvalue weighted by molar-refractivity contribution is 5.91. The van der Waals surface area contributed by atoms with E-state index in [0.29, 0.717) is 18.5 Å². The van der Waals surface area contributed by atoms with Gasteiger partial charge in [-0.3, -0.25) is 15.0 Å². The van der Waals surface area contributed by atoms with Gasteiger partial charge in [0.2, 0.25) is 11.8 Å². The van der Waals surface area contributed by atoms with Crippen LogP contribution >= 0.6 is 0 Å². The van der Waals surface area contributed by atoms with Crippen molar-refractivity contribution in [2.75, 3.05) is 25.0 Å². The van der Waals surface area contributed by atoms with Crippen LogP contribution in [0.15, 0.2) is 10.6 Å². The molecule has 0 aromatic carbocycles. The summed E-state index contributed by atoms with van der Waals surface area (Å²) in [5, 5.41) is 15.6. The Morgan fingerprint density at radius 2 is 2.37 bits per heavy atom. The quantitative estimate of drug-likeness (QED) is 0.776. The first kappa shape index (κ1) is 14.0. The molecule has 0 radical (unpaired) electrons. The van der Waals surface area contributed by atoms with Crippen LogP contribution < -0.4 is 5.32 Å². The van der Waals surface area contributed by atoms with Gasteiger partial charge in [0.25, 0.3) is 0 Å². The van der Waals surface area contributed by atoms with Crippen molar-refractivity contribution in [2.24, 2.45) is 0 Å². The number of hydrogen-bond donors (Lipinski definition) is 2. The molecular weight excluding hydrogens is 246 g/mol. The Hall–Kier alpha value is -1.40. The second kappa shape index (κ2) is 6.16. The number of rotatable bonds is 7. The summed E-state index contributed by atoms with van der Waals surface area (Å²) < 4.78 is 5.06. The van der Waals surface area contributed by atoms with Gasteiger partial charge in [0, 0.05) is 18.7 Å². The average Bonchev–Trinajstić information content (AvgIpc) is 3.09. The lowest BCUT2D eigenvalue weighted by Gasteiger charge is -2.19. The van der Waals surface area contributed by atoms with E-state index in [-0.39, 0.29) is 25.0 Å². The summed E-state index contributed by atoms with van der Waals surface area (Å²) in [4.78, 5) is 13.9. The van der Waals surface area contributed by atoms with E-state index in [2.05, 4.69) is 10.5 Å². The van der Waals surface area contributed by atoms with Gasteiger partial charge in [-0.2, -0.15) is 0 Å². The second-order valence-corrected chi connectivity index (χ2v) is 5.24. The lowest BCUT2D eigenvalue weighted by atomic mass is 10.1. The van der Waals surface area contributed by atoms with Crippen LogP contribution in [0.5, 0.6) is 0 Å². The third kappa shape index (κ3) is 4.04. The van der Waals surface area contributed by atoms with E-state index in [1.54, 1.807) is 6.07 Å². The predicted molar refractivity (Wildman–Crippen MR) is 70.9 cm³/mol. The number of aliphatic hydroxyl groups is 1. The molecule has 6 heteroatoms. The van der Waals surface area contributed by atoms with Crippen LogP contribution in [0.3, 0.4) is 0 Å². The molecule has 2 N–H and O–H groups in total. The minimum atomic E-state index is -0.133. The summed E-state index contributed by atoms with van der Waals surface area (Å²) in [6, 6.07) is 2.19. The third-order valence-corrected chi connectivity index (χ3v) is 3.18. The van der Waals surface area contributed by atoms with Crippen LogP contribution in [0, 0.1) is 0 Å². The smallest absolute Gasteiger partial charge is 0.240 e. The first-order chi connectivity index (χ1) is 9.10. The maximum Gasteiger partial charge on any atom is 0.240 e. The molecule has 0 unspecified atom stereocenters. The van der Waals surface area contributed by atoms with Gasteiger partial charge in [-0.05, 0) is 18.8 Å². The van der Waals surface area contributed by atoms with E-state index in [4.69, 9.17) is 9.63 Å². The number of anilines is 1. The molecule has 2 rings (SSSR count). The third-order valence-electron chi connectivity index (χ3n) is 3.18. The van der Waals surface area contributed by atoms with Gasteiger partial charge >= 0.3 is 0 Å². The fourth-order valence-electron chi connectivity index (χ4n) is 1.94. The molecule has 1 heterocycles. The minimum Gasteiger partial charge on any atom is -0.395 e. The molecule has 1 aromatic rings. The largest absolute Gasteiger partial charge is 0.395 e. The van der Waals surface area contributed by atoms with Crippen molar-refractivity contribution in [2.45, 2.75) is 38.6 Å². The van der Waals surface area contributed by atoms with Gasteiger partial charge in [-0.1, -0.05) is 19.0 Å². The maximum atomic E-state index is 11.9. The Labute approximate surface area is 112 Å². The molecule has 0 atom stereocenters. The summed E-state index contributed by atoms with van der Waals surface area (Å²) in [7, 11) is 0. The molecule has 1 amide bonds. The van der Waals surface area contributed by atoms with Crippen molar-refractivity contribution in [1.82, 2.24) is 10.1 Å². The number of carbonyl (C=O) groups is 1. The van der Waals surface area contributed by atoms with Crippen LogP contribution in [0.1, 0.15) is 38.3 Å². The molecule has 1 fully saturated rings. The molecule has 6 nitrogen and oxygen atoms in total. The predicted octanol–water partition coefficient (Wildman–Crippen LogP) is 1.19. The Kier molecular flexibility index (Phi) is 4.55. The van der Waals surface area contributed by atoms with Crippen molar-refractivity contribution in [3.63, 3.8) is 0 Å². The summed E-state index contributed by atoms with van der Waals surface area (Å²) in [5.41, 5.74) is 0.824. The van der Waals surface area contributed by atoms with Crippen molar-refractivity contribution in [3.05, 3.63) is 11.8 Å². The van der Waals surface area contributed by atoms with Crippen LogP contribution in [0.2, 0.25) is 0 Å². The van der Waals surface area contributed by atoms with E-state index in [0.717, 1.165) is 18.5 Å². The van der Waals surface area contributed by atoms with E-state index in [1.165, 1.54) is 0 Å².